The minimum absolute atomic E-state index is 0.221. The lowest BCUT2D eigenvalue weighted by Crippen LogP contribution is -2.45. The molecular weight excluding hydrogens is 154 g/mol. The Morgan fingerprint density at radius 1 is 1.58 bits per heavy atom. The van der Waals surface area contributed by atoms with E-state index in [-0.39, 0.29) is 11.9 Å². The summed E-state index contributed by atoms with van der Waals surface area (Å²) in [5, 5.41) is 3.85. The number of nitrogens with zero attached hydrogens (tertiary/aromatic N) is 2. The number of hydrogen-bond acceptors (Lipinski definition) is 3. The monoisotopic (exact) mass is 171 g/mol. The van der Waals surface area contributed by atoms with Gasteiger partial charge in [0.25, 0.3) is 0 Å². The molecular formula is C8H17N3O. The average Bonchev–Trinajstić information content (AvgIpc) is 2.32. The summed E-state index contributed by atoms with van der Waals surface area (Å²) in [6, 6.07) is 0.256. The summed E-state index contributed by atoms with van der Waals surface area (Å²) in [6.45, 7) is 6.26. The third-order valence-electron chi connectivity index (χ3n) is 2.02. The van der Waals surface area contributed by atoms with Gasteiger partial charge in [-0.2, -0.15) is 0 Å². The number of amides is 1. The predicted molar refractivity (Wildman–Crippen MR) is 47.2 cm³/mol. The highest BCUT2D eigenvalue weighted by atomic mass is 16.2. The quantitative estimate of drug-likeness (QED) is 0.640. The molecule has 0 bridgehead atoms. The summed E-state index contributed by atoms with van der Waals surface area (Å²) in [6.07, 6.45) is 0.637. The third kappa shape index (κ3) is 1.76. The molecule has 0 spiro atoms. The van der Waals surface area contributed by atoms with Gasteiger partial charge in [0.2, 0.25) is 5.91 Å². The van der Waals surface area contributed by atoms with E-state index in [1.165, 1.54) is 0 Å². The SMILES string of the molecule is CC(C)N1C(=O)CCN1CCN. The Balaban J connectivity index is 2.57. The summed E-state index contributed by atoms with van der Waals surface area (Å²) in [4.78, 5) is 11.3. The van der Waals surface area contributed by atoms with Gasteiger partial charge in [-0.15, -0.1) is 0 Å². The first-order valence-corrected chi connectivity index (χ1v) is 4.43. The van der Waals surface area contributed by atoms with Crippen molar-refractivity contribution in [3.05, 3.63) is 0 Å². The molecule has 1 heterocycles. The fraction of sp³-hybridized carbons (Fsp3) is 0.875. The van der Waals surface area contributed by atoms with E-state index < -0.39 is 0 Å². The van der Waals surface area contributed by atoms with Gasteiger partial charge in [0.05, 0.1) is 0 Å². The Bertz CT molecular complexity index is 170. The molecule has 1 aliphatic rings. The first-order chi connectivity index (χ1) is 5.66. The van der Waals surface area contributed by atoms with Crippen LogP contribution in [0.3, 0.4) is 0 Å². The van der Waals surface area contributed by atoms with Gasteiger partial charge in [0.15, 0.2) is 0 Å². The first kappa shape index (κ1) is 9.48. The smallest absolute Gasteiger partial charge is 0.238 e. The zero-order valence-corrected chi connectivity index (χ0v) is 7.79. The molecule has 0 aromatic rings. The van der Waals surface area contributed by atoms with Gasteiger partial charge in [-0.3, -0.25) is 9.80 Å². The van der Waals surface area contributed by atoms with Gasteiger partial charge < -0.3 is 5.73 Å². The van der Waals surface area contributed by atoms with Gasteiger partial charge in [-0.05, 0) is 13.8 Å². The van der Waals surface area contributed by atoms with E-state index in [2.05, 4.69) is 0 Å². The number of hydrogen-bond donors (Lipinski definition) is 1. The molecule has 0 unspecified atom stereocenters. The van der Waals surface area contributed by atoms with Crippen LogP contribution in [0.15, 0.2) is 0 Å². The maximum absolute atomic E-state index is 11.3. The van der Waals surface area contributed by atoms with Crippen molar-refractivity contribution in [1.29, 1.82) is 0 Å². The summed E-state index contributed by atoms with van der Waals surface area (Å²) in [5.74, 6) is 0.221. The number of rotatable bonds is 3. The Hall–Kier alpha value is -0.610. The lowest BCUT2D eigenvalue weighted by atomic mass is 10.3. The summed E-state index contributed by atoms with van der Waals surface area (Å²) < 4.78 is 0. The van der Waals surface area contributed by atoms with Crippen molar-refractivity contribution in [2.75, 3.05) is 19.6 Å². The minimum Gasteiger partial charge on any atom is -0.329 e. The Morgan fingerprint density at radius 3 is 2.75 bits per heavy atom. The van der Waals surface area contributed by atoms with Crippen LogP contribution in [0.4, 0.5) is 0 Å². The van der Waals surface area contributed by atoms with Crippen molar-refractivity contribution in [2.45, 2.75) is 26.3 Å². The van der Waals surface area contributed by atoms with Crippen LogP contribution >= 0.6 is 0 Å². The topological polar surface area (TPSA) is 49.6 Å². The molecule has 12 heavy (non-hydrogen) atoms. The Labute approximate surface area is 73.3 Å². The molecule has 1 rings (SSSR count). The largest absolute Gasteiger partial charge is 0.329 e. The van der Waals surface area contributed by atoms with Crippen LogP contribution < -0.4 is 5.73 Å². The van der Waals surface area contributed by atoms with Gasteiger partial charge in [0.1, 0.15) is 0 Å². The van der Waals surface area contributed by atoms with Gasteiger partial charge >= 0.3 is 0 Å². The zero-order valence-electron chi connectivity index (χ0n) is 7.79. The van der Waals surface area contributed by atoms with Crippen LogP contribution in [-0.2, 0) is 4.79 Å². The molecule has 0 aromatic heterocycles. The van der Waals surface area contributed by atoms with E-state index in [1.54, 1.807) is 0 Å². The van der Waals surface area contributed by atoms with Gasteiger partial charge in [-0.25, -0.2) is 5.01 Å². The van der Waals surface area contributed by atoms with Gasteiger partial charge in [-0.1, -0.05) is 0 Å². The summed E-state index contributed by atoms with van der Waals surface area (Å²) in [7, 11) is 0. The van der Waals surface area contributed by atoms with Crippen LogP contribution in [0.1, 0.15) is 20.3 Å². The van der Waals surface area contributed by atoms with E-state index in [1.807, 2.05) is 23.9 Å². The van der Waals surface area contributed by atoms with Crippen LogP contribution in [-0.4, -0.2) is 41.6 Å². The zero-order chi connectivity index (χ0) is 9.14. The van der Waals surface area contributed by atoms with Crippen molar-refractivity contribution in [1.82, 2.24) is 10.0 Å². The molecule has 2 N–H and O–H groups in total. The molecule has 4 nitrogen and oxygen atoms in total. The highest BCUT2D eigenvalue weighted by molar-refractivity contribution is 5.77. The second kappa shape index (κ2) is 3.87. The maximum Gasteiger partial charge on any atom is 0.238 e. The van der Waals surface area contributed by atoms with E-state index in [0.717, 1.165) is 13.1 Å². The fourth-order valence-electron chi connectivity index (χ4n) is 1.59. The molecule has 0 aromatic carbocycles. The van der Waals surface area contributed by atoms with Crippen molar-refractivity contribution in [3.8, 4) is 0 Å². The lowest BCUT2D eigenvalue weighted by molar-refractivity contribution is -0.141. The predicted octanol–water partition coefficient (Wildman–Crippen LogP) is -0.197. The molecule has 1 aliphatic heterocycles. The number of nitrogens with two attached hydrogens (primary N) is 1. The molecule has 70 valence electrons. The first-order valence-electron chi connectivity index (χ1n) is 4.43. The second-order valence-corrected chi connectivity index (χ2v) is 3.32. The van der Waals surface area contributed by atoms with Crippen LogP contribution in [0, 0.1) is 0 Å². The summed E-state index contributed by atoms with van der Waals surface area (Å²) in [5.41, 5.74) is 5.44. The van der Waals surface area contributed by atoms with Crippen LogP contribution in [0.2, 0.25) is 0 Å². The van der Waals surface area contributed by atoms with E-state index in [4.69, 9.17) is 5.73 Å². The molecule has 1 fully saturated rings. The van der Waals surface area contributed by atoms with E-state index in [9.17, 15) is 4.79 Å². The van der Waals surface area contributed by atoms with Gasteiger partial charge in [0, 0.05) is 32.1 Å². The van der Waals surface area contributed by atoms with Crippen molar-refractivity contribution < 1.29 is 4.79 Å². The van der Waals surface area contributed by atoms with Crippen molar-refractivity contribution >= 4 is 5.91 Å². The molecule has 0 saturated carbocycles. The second-order valence-electron chi connectivity index (χ2n) is 3.32. The third-order valence-corrected chi connectivity index (χ3v) is 2.02. The molecule has 1 saturated heterocycles. The average molecular weight is 171 g/mol. The van der Waals surface area contributed by atoms with Crippen LogP contribution in [0.5, 0.6) is 0 Å². The normalized spacial score (nSPS) is 19.7. The van der Waals surface area contributed by atoms with Crippen molar-refractivity contribution in [3.63, 3.8) is 0 Å². The maximum atomic E-state index is 11.3. The highest BCUT2D eigenvalue weighted by Gasteiger charge is 2.29. The fourth-order valence-corrected chi connectivity index (χ4v) is 1.59. The van der Waals surface area contributed by atoms with Crippen molar-refractivity contribution in [2.24, 2.45) is 5.73 Å². The number of hydrazine groups is 1. The Morgan fingerprint density at radius 2 is 2.25 bits per heavy atom. The number of carbonyl (C=O) groups is 1. The summed E-state index contributed by atoms with van der Waals surface area (Å²) >= 11 is 0. The molecule has 0 radical (unpaired) electrons. The minimum atomic E-state index is 0.221. The molecule has 0 atom stereocenters. The molecule has 1 amide bonds. The standard InChI is InChI=1S/C8H17N3O/c1-7(2)11-8(12)3-5-10(11)6-4-9/h7H,3-6,9H2,1-2H3. The lowest BCUT2D eigenvalue weighted by Gasteiger charge is -2.30. The number of carbonyl (C=O) groups excluding carboxylic acids is 1. The van der Waals surface area contributed by atoms with E-state index >= 15 is 0 Å². The van der Waals surface area contributed by atoms with Crippen LogP contribution in [0.25, 0.3) is 0 Å². The highest BCUT2D eigenvalue weighted by Crippen LogP contribution is 2.14. The molecule has 0 aliphatic carbocycles. The Kier molecular flexibility index (Phi) is 3.05. The molecule has 4 heteroatoms. The van der Waals surface area contributed by atoms with E-state index in [0.29, 0.717) is 13.0 Å².